The highest BCUT2D eigenvalue weighted by Gasteiger charge is 2.20. The van der Waals surface area contributed by atoms with Crippen molar-refractivity contribution in [3.05, 3.63) is 77.5 Å². The molecule has 0 saturated carbocycles. The van der Waals surface area contributed by atoms with Gasteiger partial charge in [-0.3, -0.25) is 14.9 Å². The van der Waals surface area contributed by atoms with Gasteiger partial charge < -0.3 is 15.1 Å². The van der Waals surface area contributed by atoms with Crippen LogP contribution in [0.15, 0.2) is 70.5 Å². The van der Waals surface area contributed by atoms with Crippen molar-refractivity contribution in [2.24, 2.45) is 0 Å². The first-order valence-corrected chi connectivity index (χ1v) is 9.51. The lowest BCUT2D eigenvalue weighted by atomic mass is 9.92. The molecule has 0 bridgehead atoms. The summed E-state index contributed by atoms with van der Waals surface area (Å²) in [5.41, 5.74) is 10.3. The fraction of sp³-hybridized carbons (Fsp3) is 0. The quantitative estimate of drug-likeness (QED) is 0.360. The number of halogens is 1. The second-order valence-corrected chi connectivity index (χ2v) is 7.25. The van der Waals surface area contributed by atoms with E-state index in [4.69, 9.17) is 10.2 Å². The highest BCUT2D eigenvalue weighted by atomic mass is 19.1. The summed E-state index contributed by atoms with van der Waals surface area (Å²) < 4.78 is 19.6. The molecule has 150 valence electrons. The number of nitrogen functional groups attached to an aromatic ring is 1. The Labute approximate surface area is 173 Å². The van der Waals surface area contributed by atoms with Gasteiger partial charge in [0.15, 0.2) is 0 Å². The lowest BCUT2D eigenvalue weighted by Gasteiger charge is -2.15. The van der Waals surface area contributed by atoms with Crippen LogP contribution in [0.1, 0.15) is 0 Å². The van der Waals surface area contributed by atoms with Gasteiger partial charge in [0, 0.05) is 39.0 Å². The summed E-state index contributed by atoms with van der Waals surface area (Å²) in [4.78, 5) is 20.2. The van der Waals surface area contributed by atoms with Crippen LogP contribution in [0.25, 0.3) is 55.0 Å². The standard InChI is InChI=1S/C23H14FN5O2/c24-17-4-3-12(16-9-27-29-22(16)17)18-15-8-14(11-5-7-31-10-11)20-13(2-1-6-26-20)21(15)28-23(30)19(18)25/h1-10H,25H2,(H,27,29)(H,28,30). The first kappa shape index (κ1) is 17.4. The molecule has 6 aromatic rings. The van der Waals surface area contributed by atoms with Crippen molar-refractivity contribution < 1.29 is 8.81 Å². The van der Waals surface area contributed by atoms with Crippen LogP contribution in [0.5, 0.6) is 0 Å². The lowest BCUT2D eigenvalue weighted by molar-refractivity contribution is 0.568. The van der Waals surface area contributed by atoms with E-state index >= 15 is 0 Å². The van der Waals surface area contributed by atoms with Crippen molar-refractivity contribution in [1.82, 2.24) is 20.2 Å². The van der Waals surface area contributed by atoms with Gasteiger partial charge in [-0.15, -0.1) is 0 Å². The molecule has 4 N–H and O–H groups in total. The number of nitrogens with one attached hydrogen (secondary N) is 2. The minimum atomic E-state index is -0.433. The van der Waals surface area contributed by atoms with Gasteiger partial charge in [-0.2, -0.15) is 5.10 Å². The molecule has 7 nitrogen and oxygen atoms in total. The monoisotopic (exact) mass is 411 g/mol. The van der Waals surface area contributed by atoms with Crippen LogP contribution in [0, 0.1) is 5.82 Å². The topological polar surface area (TPSA) is 114 Å². The molecule has 0 aliphatic heterocycles. The largest absolute Gasteiger partial charge is 0.472 e. The van der Waals surface area contributed by atoms with Gasteiger partial charge in [0.25, 0.3) is 5.56 Å². The molecule has 0 saturated heterocycles. The Kier molecular flexibility index (Phi) is 3.52. The van der Waals surface area contributed by atoms with Crippen molar-refractivity contribution in [3.63, 3.8) is 0 Å². The van der Waals surface area contributed by atoms with Gasteiger partial charge in [-0.25, -0.2) is 4.39 Å². The summed E-state index contributed by atoms with van der Waals surface area (Å²) >= 11 is 0. The van der Waals surface area contributed by atoms with Gasteiger partial charge in [0.05, 0.1) is 29.8 Å². The zero-order chi connectivity index (χ0) is 21.1. The van der Waals surface area contributed by atoms with Crippen LogP contribution >= 0.6 is 0 Å². The molecule has 4 heterocycles. The van der Waals surface area contributed by atoms with E-state index in [1.165, 1.54) is 12.3 Å². The lowest BCUT2D eigenvalue weighted by Crippen LogP contribution is -2.14. The maximum Gasteiger partial charge on any atom is 0.272 e. The molecule has 4 aromatic heterocycles. The van der Waals surface area contributed by atoms with Crippen molar-refractivity contribution in [1.29, 1.82) is 0 Å². The van der Waals surface area contributed by atoms with E-state index in [1.54, 1.807) is 30.9 Å². The SMILES string of the molecule is Nc1c(-c2ccc(F)c3[nH]ncc23)c2cc(-c3ccoc3)c3ncccc3c2[nH]c1=O. The average Bonchev–Trinajstić information content (AvgIpc) is 3.48. The van der Waals surface area contributed by atoms with Gasteiger partial charge in [-0.1, -0.05) is 6.07 Å². The van der Waals surface area contributed by atoms with Crippen molar-refractivity contribution in [2.45, 2.75) is 0 Å². The fourth-order valence-electron chi connectivity index (χ4n) is 4.17. The van der Waals surface area contributed by atoms with Crippen LogP contribution in [0.2, 0.25) is 0 Å². The summed E-state index contributed by atoms with van der Waals surface area (Å²) in [6.07, 6.45) is 6.45. The number of pyridine rings is 2. The molecule has 0 amide bonds. The maximum atomic E-state index is 14.3. The second-order valence-electron chi connectivity index (χ2n) is 7.25. The number of anilines is 1. The van der Waals surface area contributed by atoms with E-state index in [0.29, 0.717) is 27.4 Å². The number of hydrogen-bond donors (Lipinski definition) is 3. The normalized spacial score (nSPS) is 11.6. The molecule has 0 atom stereocenters. The zero-order valence-electron chi connectivity index (χ0n) is 15.9. The number of aromatic amines is 2. The Bertz CT molecular complexity index is 1680. The van der Waals surface area contributed by atoms with Crippen molar-refractivity contribution >= 4 is 38.4 Å². The fourth-order valence-corrected chi connectivity index (χ4v) is 4.17. The highest BCUT2D eigenvalue weighted by Crippen LogP contribution is 2.40. The van der Waals surface area contributed by atoms with Crippen LogP contribution in [-0.2, 0) is 0 Å². The predicted molar refractivity (Wildman–Crippen MR) is 117 cm³/mol. The van der Waals surface area contributed by atoms with Gasteiger partial charge >= 0.3 is 0 Å². The molecule has 0 spiro atoms. The Morgan fingerprint density at radius 1 is 1.03 bits per heavy atom. The number of aromatic nitrogens is 4. The molecule has 8 heteroatoms. The Morgan fingerprint density at radius 3 is 2.77 bits per heavy atom. The van der Waals surface area contributed by atoms with E-state index in [-0.39, 0.29) is 11.2 Å². The highest BCUT2D eigenvalue weighted by molar-refractivity contribution is 6.17. The third-order valence-electron chi connectivity index (χ3n) is 5.58. The third kappa shape index (κ3) is 2.42. The predicted octanol–water partition coefficient (Wildman–Crippen LogP) is 4.60. The molecular weight excluding hydrogens is 397 g/mol. The van der Waals surface area contributed by atoms with Crippen molar-refractivity contribution in [2.75, 3.05) is 5.73 Å². The number of nitrogens with two attached hydrogens (primary N) is 1. The summed E-state index contributed by atoms with van der Waals surface area (Å²) in [6, 6.07) is 10.4. The van der Waals surface area contributed by atoms with Crippen molar-refractivity contribution in [3.8, 4) is 22.3 Å². The van der Waals surface area contributed by atoms with Gasteiger partial charge in [-0.05, 0) is 35.9 Å². The van der Waals surface area contributed by atoms with Crippen LogP contribution in [0.3, 0.4) is 0 Å². The molecule has 2 aromatic carbocycles. The molecule has 6 rings (SSSR count). The van der Waals surface area contributed by atoms with E-state index < -0.39 is 11.4 Å². The third-order valence-corrected chi connectivity index (χ3v) is 5.58. The molecule has 31 heavy (non-hydrogen) atoms. The Morgan fingerprint density at radius 2 is 1.94 bits per heavy atom. The number of H-pyrrole nitrogens is 2. The van der Waals surface area contributed by atoms with Gasteiger partial charge in [0.2, 0.25) is 0 Å². The summed E-state index contributed by atoms with van der Waals surface area (Å²) in [7, 11) is 0. The summed E-state index contributed by atoms with van der Waals surface area (Å²) in [5, 5.41) is 8.66. The number of nitrogens with zero attached hydrogens (tertiary/aromatic N) is 2. The zero-order valence-corrected chi connectivity index (χ0v) is 15.9. The molecule has 0 radical (unpaired) electrons. The summed E-state index contributed by atoms with van der Waals surface area (Å²) in [5.74, 6) is -0.433. The van der Waals surface area contributed by atoms with E-state index in [9.17, 15) is 9.18 Å². The number of rotatable bonds is 2. The minimum absolute atomic E-state index is 0.0444. The van der Waals surface area contributed by atoms with E-state index in [1.807, 2.05) is 18.2 Å². The number of furan rings is 1. The second kappa shape index (κ2) is 6.27. The molecular formula is C23H14FN5O2. The van der Waals surface area contributed by atoms with Crippen LogP contribution in [0.4, 0.5) is 10.1 Å². The van der Waals surface area contributed by atoms with Crippen LogP contribution < -0.4 is 11.3 Å². The Balaban J connectivity index is 1.85. The van der Waals surface area contributed by atoms with Gasteiger partial charge in [0.1, 0.15) is 17.0 Å². The molecule has 0 aliphatic carbocycles. The van der Waals surface area contributed by atoms with Crippen LogP contribution in [-0.4, -0.2) is 20.2 Å². The minimum Gasteiger partial charge on any atom is -0.472 e. The number of hydrogen-bond acceptors (Lipinski definition) is 5. The molecule has 0 fully saturated rings. The smallest absolute Gasteiger partial charge is 0.272 e. The van der Waals surface area contributed by atoms with E-state index in [0.717, 1.165) is 22.0 Å². The van der Waals surface area contributed by atoms with E-state index in [2.05, 4.69) is 20.2 Å². The maximum absolute atomic E-state index is 14.3. The first-order chi connectivity index (χ1) is 15.1. The summed E-state index contributed by atoms with van der Waals surface area (Å²) in [6.45, 7) is 0. The molecule has 0 aliphatic rings. The Hall–Kier alpha value is -4.46. The molecule has 0 unspecified atom stereocenters. The number of benzene rings is 2. The average molecular weight is 411 g/mol. The number of fused-ring (bicyclic) bond motifs is 4. The first-order valence-electron chi connectivity index (χ1n) is 9.51.